The number of carboxylic acid groups (broad SMARTS) is 1. The summed E-state index contributed by atoms with van der Waals surface area (Å²) >= 11 is 1.94. The van der Waals surface area contributed by atoms with E-state index in [1.54, 1.807) is 6.92 Å². The molecule has 110 valence electrons. The summed E-state index contributed by atoms with van der Waals surface area (Å²) < 4.78 is 13.5. The minimum absolute atomic E-state index is 0.0868. The molecule has 0 aliphatic rings. The third-order valence-corrected chi connectivity index (χ3v) is 3.48. The summed E-state index contributed by atoms with van der Waals surface area (Å²) in [6.07, 6.45) is 1.18. The number of benzene rings is 1. The maximum atomic E-state index is 12.9. The van der Waals surface area contributed by atoms with Crippen molar-refractivity contribution in [1.82, 2.24) is 5.32 Å². The maximum absolute atomic E-state index is 12.9. The molecule has 20 heavy (non-hydrogen) atoms. The fourth-order valence-electron chi connectivity index (χ4n) is 1.60. The number of halogens is 2. The van der Waals surface area contributed by atoms with Gasteiger partial charge in [0, 0.05) is 16.0 Å². The quantitative estimate of drug-likeness (QED) is 0.649. The number of carbonyl (C=O) groups is 2. The number of hydrogen-bond acceptors (Lipinski definition) is 2. The molecule has 0 saturated heterocycles. The van der Waals surface area contributed by atoms with E-state index >= 15 is 0 Å². The molecule has 0 aliphatic heterocycles. The Morgan fingerprint density at radius 2 is 2.15 bits per heavy atom. The fourth-order valence-corrected chi connectivity index (χ4v) is 2.22. The van der Waals surface area contributed by atoms with Gasteiger partial charge in [0.2, 0.25) is 0 Å². The number of aliphatic carboxylic acids is 1. The van der Waals surface area contributed by atoms with Crippen molar-refractivity contribution in [1.29, 1.82) is 0 Å². The number of hydrogen-bond donors (Lipinski definition) is 3. The molecule has 0 bridgehead atoms. The number of carboxylic acids is 1. The molecule has 0 fully saturated rings. The second-order valence-corrected chi connectivity index (χ2v) is 5.57. The summed E-state index contributed by atoms with van der Waals surface area (Å²) in [6, 6.07) is 3.57. The highest BCUT2D eigenvalue weighted by atomic mass is 127. The van der Waals surface area contributed by atoms with Crippen LogP contribution in [-0.2, 0) is 4.79 Å². The van der Waals surface area contributed by atoms with E-state index in [4.69, 9.17) is 5.11 Å². The van der Waals surface area contributed by atoms with Crippen molar-refractivity contribution in [2.75, 3.05) is 5.32 Å². The maximum Gasteiger partial charge on any atom is 0.319 e. The average Bonchev–Trinajstić information content (AvgIpc) is 2.32. The molecule has 3 N–H and O–H groups in total. The van der Waals surface area contributed by atoms with E-state index in [-0.39, 0.29) is 18.3 Å². The standard InChI is InChI=1S/C13H16FIN2O3/c1-8(3-2-4-12(18)19)16-13(20)17-11-6-5-9(14)7-10(11)15/h5-8H,2-4H2,1H3,(H,18,19)(H2,16,17,20). The van der Waals surface area contributed by atoms with Crippen LogP contribution in [0.1, 0.15) is 26.2 Å². The molecular weight excluding hydrogens is 378 g/mol. The van der Waals surface area contributed by atoms with Crippen LogP contribution in [0.25, 0.3) is 0 Å². The average molecular weight is 394 g/mol. The van der Waals surface area contributed by atoms with Crippen molar-refractivity contribution >= 4 is 40.3 Å². The minimum atomic E-state index is -0.845. The molecule has 1 aromatic carbocycles. The van der Waals surface area contributed by atoms with Crippen molar-refractivity contribution in [3.63, 3.8) is 0 Å². The van der Waals surface area contributed by atoms with Gasteiger partial charge in [-0.25, -0.2) is 9.18 Å². The molecule has 1 aromatic rings. The molecule has 1 atom stereocenters. The van der Waals surface area contributed by atoms with Crippen LogP contribution in [0.3, 0.4) is 0 Å². The molecule has 2 amide bonds. The molecule has 0 aromatic heterocycles. The van der Waals surface area contributed by atoms with Gasteiger partial charge in [0.1, 0.15) is 5.82 Å². The van der Waals surface area contributed by atoms with Gasteiger partial charge in [0.25, 0.3) is 0 Å². The first-order valence-corrected chi connectivity index (χ1v) is 7.20. The van der Waals surface area contributed by atoms with Crippen LogP contribution < -0.4 is 10.6 Å². The van der Waals surface area contributed by atoms with E-state index in [1.807, 2.05) is 22.6 Å². The van der Waals surface area contributed by atoms with E-state index < -0.39 is 12.0 Å². The largest absolute Gasteiger partial charge is 0.481 e. The van der Waals surface area contributed by atoms with Gasteiger partial charge in [-0.15, -0.1) is 0 Å². The molecule has 7 heteroatoms. The van der Waals surface area contributed by atoms with Crippen LogP contribution in [0.4, 0.5) is 14.9 Å². The van der Waals surface area contributed by atoms with Crippen molar-refractivity contribution < 1.29 is 19.1 Å². The predicted octanol–water partition coefficient (Wildman–Crippen LogP) is 3.20. The van der Waals surface area contributed by atoms with Crippen LogP contribution in [0, 0.1) is 9.39 Å². The molecule has 0 spiro atoms. The summed E-state index contributed by atoms with van der Waals surface area (Å²) in [6.45, 7) is 1.80. The minimum Gasteiger partial charge on any atom is -0.481 e. The number of anilines is 1. The number of amides is 2. The Morgan fingerprint density at radius 3 is 2.75 bits per heavy atom. The normalized spacial score (nSPS) is 11.8. The van der Waals surface area contributed by atoms with Gasteiger partial charge in [-0.2, -0.15) is 0 Å². The zero-order valence-corrected chi connectivity index (χ0v) is 13.1. The van der Waals surface area contributed by atoms with Crippen LogP contribution in [0.15, 0.2) is 18.2 Å². The van der Waals surface area contributed by atoms with Gasteiger partial charge in [0.05, 0.1) is 5.69 Å². The van der Waals surface area contributed by atoms with Gasteiger partial charge in [-0.05, 0) is 60.6 Å². The van der Waals surface area contributed by atoms with Gasteiger partial charge >= 0.3 is 12.0 Å². The zero-order chi connectivity index (χ0) is 15.1. The third kappa shape index (κ3) is 6.18. The van der Waals surface area contributed by atoms with Gasteiger partial charge < -0.3 is 15.7 Å². The smallest absolute Gasteiger partial charge is 0.319 e. The van der Waals surface area contributed by atoms with E-state index in [0.717, 1.165) is 0 Å². The molecule has 1 rings (SSSR count). The van der Waals surface area contributed by atoms with Gasteiger partial charge in [-0.3, -0.25) is 4.79 Å². The fraction of sp³-hybridized carbons (Fsp3) is 0.385. The molecule has 0 heterocycles. The lowest BCUT2D eigenvalue weighted by Gasteiger charge is -2.14. The molecule has 0 saturated carbocycles. The number of nitrogens with one attached hydrogen (secondary N) is 2. The lowest BCUT2D eigenvalue weighted by Crippen LogP contribution is -2.36. The van der Waals surface area contributed by atoms with Gasteiger partial charge in [-0.1, -0.05) is 0 Å². The first kappa shape index (κ1) is 16.7. The zero-order valence-electron chi connectivity index (χ0n) is 11.0. The third-order valence-electron chi connectivity index (χ3n) is 2.58. The lowest BCUT2D eigenvalue weighted by molar-refractivity contribution is -0.137. The SMILES string of the molecule is CC(CCCC(=O)O)NC(=O)Nc1ccc(F)cc1I. The van der Waals surface area contributed by atoms with Gasteiger partial charge in [0.15, 0.2) is 0 Å². The van der Waals surface area contributed by atoms with Crippen LogP contribution in [0.5, 0.6) is 0 Å². The summed E-state index contributed by atoms with van der Waals surface area (Å²) in [5.41, 5.74) is 0.530. The molecular formula is C13H16FIN2O3. The van der Waals surface area contributed by atoms with Crippen LogP contribution in [-0.4, -0.2) is 23.1 Å². The second-order valence-electron chi connectivity index (χ2n) is 4.41. The first-order chi connectivity index (χ1) is 9.38. The highest BCUT2D eigenvalue weighted by Crippen LogP contribution is 2.18. The predicted molar refractivity (Wildman–Crippen MR) is 82.2 cm³/mol. The number of carbonyl (C=O) groups excluding carboxylic acids is 1. The van der Waals surface area contributed by atoms with E-state index in [0.29, 0.717) is 22.1 Å². The Bertz CT molecular complexity index is 497. The lowest BCUT2D eigenvalue weighted by atomic mass is 10.1. The topological polar surface area (TPSA) is 78.4 Å². The van der Waals surface area contributed by atoms with Crippen molar-refractivity contribution in [2.24, 2.45) is 0 Å². The molecule has 0 radical (unpaired) electrons. The highest BCUT2D eigenvalue weighted by molar-refractivity contribution is 14.1. The van der Waals surface area contributed by atoms with Crippen LogP contribution >= 0.6 is 22.6 Å². The number of urea groups is 1. The van der Waals surface area contributed by atoms with Crippen molar-refractivity contribution in [3.8, 4) is 0 Å². The van der Waals surface area contributed by atoms with Crippen molar-refractivity contribution in [3.05, 3.63) is 27.6 Å². The Labute approximate surface area is 130 Å². The monoisotopic (exact) mass is 394 g/mol. The first-order valence-electron chi connectivity index (χ1n) is 6.13. The van der Waals surface area contributed by atoms with Crippen molar-refractivity contribution in [2.45, 2.75) is 32.2 Å². The Kier molecular flexibility index (Phi) is 6.69. The summed E-state index contributed by atoms with van der Waals surface area (Å²) in [4.78, 5) is 22.1. The van der Waals surface area contributed by atoms with E-state index in [1.165, 1.54) is 18.2 Å². The summed E-state index contributed by atoms with van der Waals surface area (Å²) in [5, 5.41) is 13.9. The Balaban J connectivity index is 2.41. The highest BCUT2D eigenvalue weighted by Gasteiger charge is 2.10. The summed E-state index contributed by atoms with van der Waals surface area (Å²) in [7, 11) is 0. The second kappa shape index (κ2) is 8.03. The molecule has 1 unspecified atom stereocenters. The van der Waals surface area contributed by atoms with Crippen LogP contribution in [0.2, 0.25) is 0 Å². The number of rotatable bonds is 6. The Morgan fingerprint density at radius 1 is 1.45 bits per heavy atom. The van der Waals surface area contributed by atoms with E-state index in [9.17, 15) is 14.0 Å². The van der Waals surface area contributed by atoms with E-state index in [2.05, 4.69) is 10.6 Å². The summed E-state index contributed by atoms with van der Waals surface area (Å²) in [5.74, 6) is -1.20. The molecule has 0 aliphatic carbocycles. The Hall–Kier alpha value is -1.38. The molecule has 5 nitrogen and oxygen atoms in total.